The van der Waals surface area contributed by atoms with Gasteiger partial charge in [-0.2, -0.15) is 0 Å². The van der Waals surface area contributed by atoms with Crippen molar-refractivity contribution in [2.75, 3.05) is 6.54 Å². The second-order valence-electron chi connectivity index (χ2n) is 10.4. The average molecular weight is 734 g/mol. The highest BCUT2D eigenvalue weighted by Crippen LogP contribution is 2.24. The number of para-hydroxylation sites is 1. The summed E-state index contributed by atoms with van der Waals surface area (Å²) in [6.45, 7) is -0.0851. The standard InChI is InChI=1S/C31H32ClN5O8S3/c32-28-19-18-26(46-28)22-47(39,40)35-33-29(38)20-21-37-31(45-36-48(41,42)27-11-5-2-6-12-27)44-30(34-37)13-7-8-23-14-16-25(17-15-23)43-24-9-3-1-4-10-24/h1-6,9-12,14-19,31,35-36H,7-8,13,20-22H2,(H,33,38). The molecule has 1 aliphatic heterocycles. The lowest BCUT2D eigenvalue weighted by atomic mass is 10.1. The fraction of sp³-hybridized carbons (Fsp3) is 0.226. The van der Waals surface area contributed by atoms with Crippen LogP contribution in [0.3, 0.4) is 0 Å². The number of aryl methyl sites for hydroxylation is 1. The van der Waals surface area contributed by atoms with E-state index in [-0.39, 0.29) is 29.5 Å². The first-order valence-corrected chi connectivity index (χ1v) is 19.0. The van der Waals surface area contributed by atoms with Gasteiger partial charge in [-0.15, -0.1) is 21.3 Å². The van der Waals surface area contributed by atoms with Crippen LogP contribution in [0.1, 0.15) is 29.7 Å². The quantitative estimate of drug-likeness (QED) is 0.128. The lowest BCUT2D eigenvalue weighted by Gasteiger charge is -2.21. The van der Waals surface area contributed by atoms with E-state index >= 15 is 0 Å². The van der Waals surface area contributed by atoms with E-state index in [0.29, 0.717) is 34.2 Å². The molecule has 0 aliphatic carbocycles. The molecule has 1 atom stereocenters. The second-order valence-corrected chi connectivity index (χ2v) is 15.5. The Bertz CT molecular complexity index is 1910. The Morgan fingerprint density at radius 3 is 2.27 bits per heavy atom. The smallest absolute Gasteiger partial charge is 0.317 e. The van der Waals surface area contributed by atoms with Gasteiger partial charge in [-0.25, -0.2) is 26.7 Å². The zero-order valence-corrected chi connectivity index (χ0v) is 28.5. The summed E-state index contributed by atoms with van der Waals surface area (Å²) in [4.78, 5) is 22.5. The molecule has 13 nitrogen and oxygen atoms in total. The predicted molar refractivity (Wildman–Crippen MR) is 181 cm³/mol. The van der Waals surface area contributed by atoms with Crippen LogP contribution >= 0.6 is 22.9 Å². The van der Waals surface area contributed by atoms with Crippen LogP contribution < -0.4 is 19.9 Å². The number of amides is 1. The van der Waals surface area contributed by atoms with Crippen LogP contribution in [-0.4, -0.2) is 46.6 Å². The number of hydrogen-bond donors (Lipinski definition) is 3. The van der Waals surface area contributed by atoms with E-state index in [4.69, 9.17) is 25.9 Å². The molecule has 1 aliphatic rings. The van der Waals surface area contributed by atoms with Gasteiger partial charge < -0.3 is 9.47 Å². The third-order valence-electron chi connectivity index (χ3n) is 6.67. The molecule has 17 heteroatoms. The monoisotopic (exact) mass is 733 g/mol. The number of nitrogens with one attached hydrogen (secondary N) is 3. The van der Waals surface area contributed by atoms with E-state index in [1.165, 1.54) is 17.1 Å². The first-order chi connectivity index (χ1) is 23.0. The van der Waals surface area contributed by atoms with Crippen molar-refractivity contribution in [1.29, 1.82) is 0 Å². The van der Waals surface area contributed by atoms with Crippen LogP contribution in [0.25, 0.3) is 0 Å². The lowest BCUT2D eigenvalue weighted by molar-refractivity contribution is -0.183. The van der Waals surface area contributed by atoms with Crippen LogP contribution in [0, 0.1) is 0 Å². The average Bonchev–Trinajstić information content (AvgIpc) is 3.67. The molecule has 1 amide bonds. The van der Waals surface area contributed by atoms with E-state index < -0.39 is 32.4 Å². The predicted octanol–water partition coefficient (Wildman–Crippen LogP) is 4.90. The first kappa shape index (κ1) is 35.3. The summed E-state index contributed by atoms with van der Waals surface area (Å²) in [5.74, 6) is 0.717. The largest absolute Gasteiger partial charge is 0.457 e. The maximum atomic E-state index is 12.7. The molecular formula is C31H32ClN5O8S3. The minimum atomic E-state index is -4.05. The number of halogens is 1. The van der Waals surface area contributed by atoms with Crippen molar-refractivity contribution in [3.63, 3.8) is 0 Å². The molecular weight excluding hydrogens is 702 g/mol. The number of ether oxygens (including phenoxy) is 2. The summed E-state index contributed by atoms with van der Waals surface area (Å²) < 4.78 is 62.2. The number of benzene rings is 3. The number of rotatable bonds is 17. The van der Waals surface area contributed by atoms with Crippen molar-refractivity contribution in [1.82, 2.24) is 20.2 Å². The molecule has 3 aromatic carbocycles. The highest BCUT2D eigenvalue weighted by Gasteiger charge is 2.31. The Morgan fingerprint density at radius 2 is 1.58 bits per heavy atom. The highest BCUT2D eigenvalue weighted by molar-refractivity contribution is 7.89. The Kier molecular flexibility index (Phi) is 12.0. The molecule has 5 rings (SSSR count). The van der Waals surface area contributed by atoms with Gasteiger partial charge >= 0.3 is 6.41 Å². The molecule has 254 valence electrons. The van der Waals surface area contributed by atoms with Gasteiger partial charge in [-0.3, -0.25) is 10.2 Å². The molecule has 0 bridgehead atoms. The van der Waals surface area contributed by atoms with Crippen LogP contribution in [0.5, 0.6) is 11.5 Å². The highest BCUT2D eigenvalue weighted by atomic mass is 35.5. The minimum Gasteiger partial charge on any atom is -0.457 e. The van der Waals surface area contributed by atoms with E-state index in [1.54, 1.807) is 30.3 Å². The maximum Gasteiger partial charge on any atom is 0.317 e. The van der Waals surface area contributed by atoms with Crippen LogP contribution in [-0.2, 0) is 46.6 Å². The molecule has 48 heavy (non-hydrogen) atoms. The molecule has 3 N–H and O–H groups in total. The van der Waals surface area contributed by atoms with Crippen molar-refractivity contribution in [2.45, 2.75) is 42.7 Å². The molecule has 0 fully saturated rings. The number of hydrazone groups is 1. The third kappa shape index (κ3) is 10.7. The second kappa shape index (κ2) is 16.4. The summed E-state index contributed by atoms with van der Waals surface area (Å²) in [6.07, 6.45) is 0.187. The molecule has 0 radical (unpaired) electrons. The molecule has 1 aromatic heterocycles. The van der Waals surface area contributed by atoms with Crippen molar-refractivity contribution >= 4 is 54.8 Å². The van der Waals surface area contributed by atoms with Crippen molar-refractivity contribution in [3.05, 3.63) is 112 Å². The van der Waals surface area contributed by atoms with Gasteiger partial charge in [0, 0.05) is 17.7 Å². The fourth-order valence-electron chi connectivity index (χ4n) is 4.35. The SMILES string of the molecule is O=C(CCN1N=C(CCCc2ccc(Oc3ccccc3)cc2)OC1ONS(=O)(=O)c1ccccc1)NNS(=O)(=O)Cc1ccc(Cl)s1. The number of carbonyl (C=O) groups excluding carboxylic acids is 1. The van der Waals surface area contributed by atoms with Gasteiger partial charge in [-0.05, 0) is 66.9 Å². The Balaban J connectivity index is 1.14. The number of carbonyl (C=O) groups is 1. The molecule has 1 unspecified atom stereocenters. The molecule has 4 aromatic rings. The van der Waals surface area contributed by atoms with Gasteiger partial charge in [0.25, 0.3) is 10.0 Å². The maximum absolute atomic E-state index is 12.7. The van der Waals surface area contributed by atoms with Crippen LogP contribution in [0.2, 0.25) is 4.34 Å². The van der Waals surface area contributed by atoms with E-state index in [1.807, 2.05) is 59.5 Å². The number of thiophene rings is 1. The zero-order chi connectivity index (χ0) is 34.0. The van der Waals surface area contributed by atoms with Crippen LogP contribution in [0.4, 0.5) is 0 Å². The topological polar surface area (TPSA) is 165 Å². The number of hydrogen-bond acceptors (Lipinski definition) is 11. The normalized spacial score (nSPS) is 14.7. The fourth-order valence-corrected chi connectivity index (χ4v) is 7.57. The molecule has 2 heterocycles. The Labute approximate surface area is 287 Å². The lowest BCUT2D eigenvalue weighted by Crippen LogP contribution is -2.44. The molecule has 0 spiro atoms. The minimum absolute atomic E-state index is 0.0210. The van der Waals surface area contributed by atoms with Crippen LogP contribution in [0.15, 0.2) is 107 Å². The number of sulfonamides is 2. The van der Waals surface area contributed by atoms with Gasteiger partial charge in [0.15, 0.2) is 0 Å². The first-order valence-electron chi connectivity index (χ1n) is 14.6. The zero-order valence-electron chi connectivity index (χ0n) is 25.3. The van der Waals surface area contributed by atoms with E-state index in [0.717, 1.165) is 22.6 Å². The Hall–Kier alpha value is -4.03. The third-order valence-corrected chi connectivity index (χ3v) is 10.4. The number of hydrazine groups is 1. The number of nitrogens with zero attached hydrogens (tertiary/aromatic N) is 2. The summed E-state index contributed by atoms with van der Waals surface area (Å²) in [7, 11) is -7.93. The Morgan fingerprint density at radius 1 is 0.896 bits per heavy atom. The van der Waals surface area contributed by atoms with Gasteiger partial charge in [0.2, 0.25) is 21.8 Å². The molecule has 0 saturated carbocycles. The van der Waals surface area contributed by atoms with Crippen molar-refractivity contribution in [3.8, 4) is 11.5 Å². The van der Waals surface area contributed by atoms with E-state index in [9.17, 15) is 21.6 Å². The van der Waals surface area contributed by atoms with Gasteiger partial charge in [0.05, 0.1) is 15.8 Å². The van der Waals surface area contributed by atoms with Gasteiger partial charge in [-0.1, -0.05) is 65.0 Å². The van der Waals surface area contributed by atoms with E-state index in [2.05, 4.69) is 15.4 Å². The van der Waals surface area contributed by atoms with Crippen molar-refractivity contribution < 1.29 is 35.9 Å². The molecule has 0 saturated heterocycles. The van der Waals surface area contributed by atoms with Crippen molar-refractivity contribution in [2.24, 2.45) is 5.10 Å². The van der Waals surface area contributed by atoms with Gasteiger partial charge in [0.1, 0.15) is 17.3 Å². The summed E-state index contributed by atoms with van der Waals surface area (Å²) in [5.41, 5.74) is 3.23. The summed E-state index contributed by atoms with van der Waals surface area (Å²) in [6, 6.07) is 28.0. The summed E-state index contributed by atoms with van der Waals surface area (Å²) in [5, 5.41) is 5.66. The summed E-state index contributed by atoms with van der Waals surface area (Å²) >= 11 is 6.98.